The fourth-order valence-electron chi connectivity index (χ4n) is 2.47. The zero-order valence-corrected chi connectivity index (χ0v) is 11.3. The van der Waals surface area contributed by atoms with E-state index in [2.05, 4.69) is 26.8 Å². The second-order valence-corrected chi connectivity index (χ2v) is 5.15. The molecule has 1 saturated heterocycles. The molecule has 3 rings (SSSR count). The van der Waals surface area contributed by atoms with Crippen molar-refractivity contribution < 1.29 is 0 Å². The van der Waals surface area contributed by atoms with E-state index in [1.807, 2.05) is 25.1 Å². The van der Waals surface area contributed by atoms with E-state index in [-0.39, 0.29) is 5.56 Å². The molecule has 1 aliphatic heterocycles. The fourth-order valence-corrected chi connectivity index (χ4v) is 2.47. The monoisotopic (exact) mass is 258 g/mol. The van der Waals surface area contributed by atoms with Crippen LogP contribution in [0, 0.1) is 6.92 Å². The first kappa shape index (κ1) is 12.2. The van der Waals surface area contributed by atoms with Gasteiger partial charge >= 0.3 is 0 Å². The summed E-state index contributed by atoms with van der Waals surface area (Å²) in [5.41, 5.74) is 2.65. The smallest absolute Gasteiger partial charge is 0.291 e. The van der Waals surface area contributed by atoms with Crippen molar-refractivity contribution in [1.82, 2.24) is 14.9 Å². The van der Waals surface area contributed by atoms with Gasteiger partial charge in [-0.3, -0.25) is 4.79 Å². The maximum atomic E-state index is 12.2. The lowest BCUT2D eigenvalue weighted by Gasteiger charge is -2.32. The molecule has 5 nitrogen and oxygen atoms in total. The molecule has 0 unspecified atom stereocenters. The molecule has 2 aromatic rings. The van der Waals surface area contributed by atoms with Gasteiger partial charge in [-0.05, 0) is 25.6 Å². The Morgan fingerprint density at radius 3 is 2.68 bits per heavy atom. The average Bonchev–Trinajstić information content (AvgIpc) is 2.40. The van der Waals surface area contributed by atoms with Gasteiger partial charge in [-0.1, -0.05) is 12.1 Å². The summed E-state index contributed by atoms with van der Waals surface area (Å²) in [4.78, 5) is 24.0. The van der Waals surface area contributed by atoms with E-state index in [0.717, 1.165) is 42.8 Å². The Bertz CT molecular complexity index is 656. The number of para-hydroxylation sites is 1. The standard InChI is InChI=1S/C14H18N4O/c1-10-4-3-5-11-12(10)16-14(19)13(15-11)18-8-6-17(2)7-9-18/h3-5H,6-9H2,1-2H3,(H,16,19). The third-order valence-electron chi connectivity index (χ3n) is 3.72. The number of anilines is 1. The summed E-state index contributed by atoms with van der Waals surface area (Å²) in [6.45, 7) is 5.61. The molecule has 1 aliphatic rings. The SMILES string of the molecule is Cc1cccc2nc(N3CCN(C)CC3)c(=O)[nH]c12. The average molecular weight is 258 g/mol. The van der Waals surface area contributed by atoms with Crippen LogP contribution in [0.15, 0.2) is 23.0 Å². The van der Waals surface area contributed by atoms with E-state index in [1.54, 1.807) is 0 Å². The first-order valence-corrected chi connectivity index (χ1v) is 6.58. The molecule has 1 N–H and O–H groups in total. The Balaban J connectivity index is 2.05. The quantitative estimate of drug-likeness (QED) is 0.828. The van der Waals surface area contributed by atoms with Gasteiger partial charge in [0, 0.05) is 26.2 Å². The van der Waals surface area contributed by atoms with E-state index >= 15 is 0 Å². The maximum absolute atomic E-state index is 12.2. The van der Waals surface area contributed by atoms with E-state index < -0.39 is 0 Å². The van der Waals surface area contributed by atoms with E-state index in [9.17, 15) is 4.79 Å². The highest BCUT2D eigenvalue weighted by Crippen LogP contribution is 2.16. The van der Waals surface area contributed by atoms with Gasteiger partial charge in [-0.15, -0.1) is 0 Å². The number of hydrogen-bond donors (Lipinski definition) is 1. The Morgan fingerprint density at radius 1 is 1.21 bits per heavy atom. The molecule has 100 valence electrons. The number of aromatic nitrogens is 2. The summed E-state index contributed by atoms with van der Waals surface area (Å²) in [5.74, 6) is 0.547. The number of piperazine rings is 1. The van der Waals surface area contributed by atoms with Crippen molar-refractivity contribution in [1.29, 1.82) is 0 Å². The van der Waals surface area contributed by atoms with Crippen LogP contribution < -0.4 is 10.5 Å². The molecule has 0 aliphatic carbocycles. The molecule has 0 saturated carbocycles. The van der Waals surface area contributed by atoms with Crippen LogP contribution in [-0.4, -0.2) is 48.1 Å². The number of benzene rings is 1. The van der Waals surface area contributed by atoms with Crippen molar-refractivity contribution >= 4 is 16.9 Å². The molecule has 0 bridgehead atoms. The summed E-state index contributed by atoms with van der Waals surface area (Å²) in [6, 6.07) is 5.89. The number of fused-ring (bicyclic) bond motifs is 1. The minimum Gasteiger partial charge on any atom is -0.349 e. The summed E-state index contributed by atoms with van der Waals surface area (Å²) in [5, 5.41) is 0. The van der Waals surface area contributed by atoms with Crippen molar-refractivity contribution in [2.45, 2.75) is 6.92 Å². The van der Waals surface area contributed by atoms with Crippen molar-refractivity contribution in [2.75, 3.05) is 38.1 Å². The van der Waals surface area contributed by atoms with Crippen LogP contribution in [-0.2, 0) is 0 Å². The number of hydrogen-bond acceptors (Lipinski definition) is 4. The molecule has 0 atom stereocenters. The Morgan fingerprint density at radius 2 is 1.95 bits per heavy atom. The number of nitrogens with zero attached hydrogens (tertiary/aromatic N) is 3. The molecule has 19 heavy (non-hydrogen) atoms. The van der Waals surface area contributed by atoms with E-state index in [1.165, 1.54) is 0 Å². The Kier molecular flexibility index (Phi) is 2.98. The van der Waals surface area contributed by atoms with Crippen LogP contribution in [0.4, 0.5) is 5.82 Å². The van der Waals surface area contributed by atoms with Crippen LogP contribution in [0.3, 0.4) is 0 Å². The molecule has 2 heterocycles. The van der Waals surface area contributed by atoms with Gasteiger partial charge in [0.1, 0.15) is 0 Å². The number of aromatic amines is 1. The predicted molar refractivity (Wildman–Crippen MR) is 76.8 cm³/mol. The van der Waals surface area contributed by atoms with E-state index in [4.69, 9.17) is 0 Å². The largest absolute Gasteiger partial charge is 0.349 e. The predicted octanol–water partition coefficient (Wildman–Crippen LogP) is 0.983. The highest BCUT2D eigenvalue weighted by molar-refractivity contribution is 5.78. The van der Waals surface area contributed by atoms with Crippen LogP contribution >= 0.6 is 0 Å². The number of H-pyrrole nitrogens is 1. The van der Waals surface area contributed by atoms with Crippen LogP contribution in [0.5, 0.6) is 0 Å². The highest BCUT2D eigenvalue weighted by Gasteiger charge is 2.18. The summed E-state index contributed by atoms with van der Waals surface area (Å²) in [7, 11) is 2.10. The second-order valence-electron chi connectivity index (χ2n) is 5.15. The van der Waals surface area contributed by atoms with Gasteiger partial charge < -0.3 is 14.8 Å². The molecule has 1 aromatic heterocycles. The maximum Gasteiger partial charge on any atom is 0.291 e. The molecule has 0 radical (unpaired) electrons. The zero-order valence-electron chi connectivity index (χ0n) is 11.3. The number of rotatable bonds is 1. The molecule has 5 heteroatoms. The summed E-state index contributed by atoms with van der Waals surface area (Å²) in [6.07, 6.45) is 0. The van der Waals surface area contributed by atoms with Crippen LogP contribution in [0.2, 0.25) is 0 Å². The third kappa shape index (κ3) is 2.21. The van der Waals surface area contributed by atoms with Gasteiger partial charge in [-0.25, -0.2) is 4.98 Å². The topological polar surface area (TPSA) is 52.2 Å². The lowest BCUT2D eigenvalue weighted by Crippen LogP contribution is -2.46. The van der Waals surface area contributed by atoms with Crippen LogP contribution in [0.1, 0.15) is 5.56 Å². The highest BCUT2D eigenvalue weighted by atomic mass is 16.1. The molecule has 0 spiro atoms. The minimum atomic E-state index is -0.0913. The van der Waals surface area contributed by atoms with Crippen molar-refractivity contribution in [3.63, 3.8) is 0 Å². The molecule has 1 fully saturated rings. The Hall–Kier alpha value is -1.88. The molecule has 1 aromatic carbocycles. The van der Waals surface area contributed by atoms with Gasteiger partial charge in [0.15, 0.2) is 5.82 Å². The first-order valence-electron chi connectivity index (χ1n) is 6.58. The first-order chi connectivity index (χ1) is 9.15. The lowest BCUT2D eigenvalue weighted by molar-refractivity contribution is 0.312. The minimum absolute atomic E-state index is 0.0913. The van der Waals surface area contributed by atoms with Gasteiger partial charge in [0.05, 0.1) is 11.0 Å². The zero-order chi connectivity index (χ0) is 13.4. The van der Waals surface area contributed by atoms with Crippen molar-refractivity contribution in [2.24, 2.45) is 0 Å². The van der Waals surface area contributed by atoms with Gasteiger partial charge in [0.2, 0.25) is 0 Å². The number of nitrogens with one attached hydrogen (secondary N) is 1. The molecule has 0 amide bonds. The second kappa shape index (κ2) is 4.66. The van der Waals surface area contributed by atoms with E-state index in [0.29, 0.717) is 5.82 Å². The lowest BCUT2D eigenvalue weighted by atomic mass is 10.2. The number of likely N-dealkylation sites (N-methyl/N-ethyl adjacent to an activating group) is 1. The van der Waals surface area contributed by atoms with Crippen molar-refractivity contribution in [3.8, 4) is 0 Å². The summed E-state index contributed by atoms with van der Waals surface area (Å²) < 4.78 is 0. The molecular weight excluding hydrogens is 240 g/mol. The van der Waals surface area contributed by atoms with Gasteiger partial charge in [0.25, 0.3) is 5.56 Å². The third-order valence-corrected chi connectivity index (χ3v) is 3.72. The number of aryl methyl sites for hydroxylation is 1. The van der Waals surface area contributed by atoms with Crippen molar-refractivity contribution in [3.05, 3.63) is 34.1 Å². The normalized spacial score (nSPS) is 17.1. The molecular formula is C14H18N4O. The Labute approximate surface area is 111 Å². The van der Waals surface area contributed by atoms with Gasteiger partial charge in [-0.2, -0.15) is 0 Å². The summed E-state index contributed by atoms with van der Waals surface area (Å²) >= 11 is 0. The van der Waals surface area contributed by atoms with Crippen LogP contribution in [0.25, 0.3) is 11.0 Å². The fraction of sp³-hybridized carbons (Fsp3) is 0.429.